The quantitative estimate of drug-likeness (QED) is 0.804. The number of nitrogens with zero attached hydrogens (tertiary/aromatic N) is 3. The third-order valence-electron chi connectivity index (χ3n) is 2.94. The Balaban J connectivity index is 2.20. The van der Waals surface area contributed by atoms with E-state index in [1.807, 2.05) is 0 Å². The van der Waals surface area contributed by atoms with Crippen molar-refractivity contribution in [1.29, 1.82) is 0 Å². The van der Waals surface area contributed by atoms with Gasteiger partial charge in [0.25, 0.3) is 0 Å². The highest BCUT2D eigenvalue weighted by atomic mass is 32.1. The molecule has 22 heavy (non-hydrogen) atoms. The van der Waals surface area contributed by atoms with Crippen molar-refractivity contribution < 1.29 is 19.2 Å². The number of aliphatic imine (C=N–C) groups is 1. The molecule has 2 aromatic rings. The van der Waals surface area contributed by atoms with E-state index in [9.17, 15) is 0 Å². The number of para-hydroxylation sites is 2. The van der Waals surface area contributed by atoms with Crippen LogP contribution < -0.4 is 5.31 Å². The zero-order valence-corrected chi connectivity index (χ0v) is 12.5. The van der Waals surface area contributed by atoms with Crippen molar-refractivity contribution >= 4 is 33.5 Å². The zero-order chi connectivity index (χ0) is 27.5. The minimum atomic E-state index is -3.31. The molecule has 1 fully saturated rings. The van der Waals surface area contributed by atoms with Gasteiger partial charge in [-0.3, -0.25) is 0 Å². The van der Waals surface area contributed by atoms with Crippen molar-refractivity contribution in [2.24, 2.45) is 4.99 Å². The molecule has 2 aliphatic rings. The molecule has 0 aliphatic carbocycles. The summed E-state index contributed by atoms with van der Waals surface area (Å²) in [6.07, 6.45) is 0. The van der Waals surface area contributed by atoms with Crippen LogP contribution in [0.5, 0.6) is 0 Å². The molecular weight excluding hydrogens is 292 g/mol. The van der Waals surface area contributed by atoms with E-state index in [0.29, 0.717) is 10.2 Å². The van der Waals surface area contributed by atoms with Crippen LogP contribution in [0, 0.1) is 6.92 Å². The van der Waals surface area contributed by atoms with Crippen LogP contribution in [0.1, 0.15) is 28.3 Å². The third-order valence-corrected chi connectivity index (χ3v) is 3.84. The predicted molar refractivity (Wildman–Crippen MR) is 94.0 cm³/mol. The number of hydrogen-bond donors (Lipinski definition) is 1. The van der Waals surface area contributed by atoms with Gasteiger partial charge in [0, 0.05) is 36.3 Å². The molecule has 114 valence electrons. The first kappa shape index (κ1) is 5.35. The lowest BCUT2D eigenvalue weighted by molar-refractivity contribution is 0.216. The summed E-state index contributed by atoms with van der Waals surface area (Å²) in [6.45, 7) is -11.4. The fourth-order valence-electron chi connectivity index (χ4n) is 1.98. The molecule has 1 saturated heterocycles. The molecule has 0 spiro atoms. The fraction of sp³-hybridized carbons (Fsp3) is 0.353. The average Bonchev–Trinajstić information content (AvgIpc) is 3.00. The molecule has 1 N–H and O–H groups in total. The van der Waals surface area contributed by atoms with Crippen LogP contribution in [0.25, 0.3) is 0 Å². The van der Waals surface area contributed by atoms with Gasteiger partial charge in [0.15, 0.2) is 1.41 Å². The zero-order valence-electron chi connectivity index (χ0n) is 25.7. The van der Waals surface area contributed by atoms with Crippen LogP contribution in [-0.4, -0.2) is 48.7 Å². The van der Waals surface area contributed by atoms with Crippen LogP contribution in [-0.2, 0) is 0 Å². The highest BCUT2D eigenvalue weighted by Crippen LogP contribution is 2.39. The Labute approximate surface area is 154 Å². The molecule has 0 radical (unpaired) electrons. The molecule has 3 heterocycles. The Bertz CT molecular complexity index is 1290. The Kier molecular flexibility index (Phi) is 1.32. The molecule has 1 aromatic heterocycles. The van der Waals surface area contributed by atoms with E-state index in [0.717, 1.165) is 18.4 Å². The Morgan fingerprint density at radius 2 is 2.09 bits per heavy atom. The number of amidine groups is 1. The maximum atomic E-state index is 8.66. The smallest absolute Gasteiger partial charge is 0.167 e. The molecule has 0 saturated carbocycles. The van der Waals surface area contributed by atoms with Gasteiger partial charge < -0.3 is 15.1 Å². The monoisotopic (exact) mass is 326 g/mol. The number of piperazine rings is 1. The van der Waals surface area contributed by atoms with Crippen LogP contribution in [0.2, 0.25) is 1.41 Å². The first-order chi connectivity index (χ1) is 16.2. The summed E-state index contributed by atoms with van der Waals surface area (Å²) in [4.78, 5) is 4.89. The Morgan fingerprint density at radius 1 is 1.32 bits per heavy atom. The van der Waals surface area contributed by atoms with Crippen molar-refractivity contribution in [2.45, 2.75) is 6.92 Å². The number of nitrogens with one attached hydrogen (secondary N) is 1. The van der Waals surface area contributed by atoms with Gasteiger partial charge in [-0.1, -0.05) is 12.1 Å². The highest BCUT2D eigenvalue weighted by Gasteiger charge is 2.25. The number of thiophene rings is 1. The Hall–Kier alpha value is -1.85. The van der Waals surface area contributed by atoms with Crippen LogP contribution in [0.4, 0.5) is 16.4 Å². The van der Waals surface area contributed by atoms with E-state index in [1.165, 1.54) is 6.92 Å². The largest absolute Gasteiger partial charge is 0.353 e. The number of rotatable bonds is 0. The number of likely N-dealkylation sites (N-methyl/N-ethyl adjacent to an activating group) is 1. The summed E-state index contributed by atoms with van der Waals surface area (Å²) in [6, 6.07) is -3.09. The fourth-order valence-corrected chi connectivity index (χ4v) is 2.80. The van der Waals surface area contributed by atoms with Gasteiger partial charge in [-0.2, -0.15) is 0 Å². The van der Waals surface area contributed by atoms with Gasteiger partial charge >= 0.3 is 0 Å². The number of hydrogen-bond acceptors (Lipinski definition) is 5. The lowest BCUT2D eigenvalue weighted by Crippen LogP contribution is -2.47. The normalized spacial score (nSPS) is 36.9. The number of anilines is 2. The molecule has 0 unspecified atom stereocenters. The van der Waals surface area contributed by atoms with Crippen molar-refractivity contribution in [2.75, 3.05) is 38.3 Å². The maximum absolute atomic E-state index is 8.66. The van der Waals surface area contributed by atoms with Gasteiger partial charge in [-0.15, -0.1) is 11.3 Å². The van der Waals surface area contributed by atoms with Crippen molar-refractivity contribution in [3.05, 3.63) is 40.7 Å². The summed E-state index contributed by atoms with van der Waals surface area (Å²) in [7, 11) is 0.898. The average molecular weight is 327 g/mol. The van der Waals surface area contributed by atoms with E-state index in [1.54, 1.807) is 0 Å². The summed E-state index contributed by atoms with van der Waals surface area (Å²) in [5.41, 5.74) is -1.32. The first-order valence-electron chi connectivity index (χ1n) is 13.3. The summed E-state index contributed by atoms with van der Waals surface area (Å²) in [5.74, 6) is -0.767. The van der Waals surface area contributed by atoms with Crippen LogP contribution in [0.15, 0.2) is 35.2 Å². The molecule has 4 rings (SSSR count). The van der Waals surface area contributed by atoms with E-state index in [2.05, 4.69) is 4.99 Å². The molecular formula is C17H20N4S. The summed E-state index contributed by atoms with van der Waals surface area (Å²) in [5, 5.41) is 0.464. The second-order valence-corrected chi connectivity index (χ2v) is 5.75. The topological polar surface area (TPSA) is 30.9 Å². The van der Waals surface area contributed by atoms with Gasteiger partial charge in [-0.05, 0) is 32.1 Å². The number of benzene rings is 1. The van der Waals surface area contributed by atoms with Gasteiger partial charge in [-0.25, -0.2) is 4.99 Å². The third kappa shape index (κ3) is 2.40. The van der Waals surface area contributed by atoms with E-state index in [-0.39, 0.29) is 26.4 Å². The maximum Gasteiger partial charge on any atom is 0.167 e. The SMILES string of the molecule is [2H]c1c([2H])c([2H])c2c(c1[2H])N=C(N1C([2H])([2H])C([2H])([2H])N(C)C([2H])([2H])C1([2H])[2H])c1c(sc(C)c1[2H])N2[2H]. The minimum absolute atomic E-state index is 0.146. The van der Waals surface area contributed by atoms with Crippen LogP contribution >= 0.6 is 11.3 Å². The van der Waals surface area contributed by atoms with Gasteiger partial charge in [0.1, 0.15) is 10.8 Å². The lowest BCUT2D eigenvalue weighted by atomic mass is 10.2. The highest BCUT2D eigenvalue weighted by molar-refractivity contribution is 7.16. The summed E-state index contributed by atoms with van der Waals surface area (Å²) < 4.78 is 118. The van der Waals surface area contributed by atoms with Gasteiger partial charge in [0.2, 0.25) is 0 Å². The van der Waals surface area contributed by atoms with E-state index < -0.39 is 67.4 Å². The minimum Gasteiger partial charge on any atom is -0.353 e. The number of fused-ring (bicyclic) bond motifs is 2. The summed E-state index contributed by atoms with van der Waals surface area (Å²) >= 11 is 0.843. The number of aryl methyl sites for hydroxylation is 1. The van der Waals surface area contributed by atoms with Gasteiger partial charge in [0.05, 0.1) is 29.3 Å². The van der Waals surface area contributed by atoms with Crippen molar-refractivity contribution in [3.63, 3.8) is 0 Å². The molecule has 2 aliphatic heterocycles. The van der Waals surface area contributed by atoms with Crippen LogP contribution in [0.3, 0.4) is 0 Å². The first-order valence-corrected chi connectivity index (χ1v) is 7.18. The van der Waals surface area contributed by atoms with Crippen molar-refractivity contribution in [1.82, 2.24) is 9.80 Å². The van der Waals surface area contributed by atoms with E-state index in [4.69, 9.17) is 19.2 Å². The molecule has 0 amide bonds. The lowest BCUT2D eigenvalue weighted by Gasteiger charge is -2.34. The second-order valence-electron chi connectivity index (χ2n) is 4.55. The molecule has 1 aromatic carbocycles. The molecule has 0 bridgehead atoms. The molecule has 5 heteroatoms. The molecule has 0 atom stereocenters. The van der Waals surface area contributed by atoms with E-state index >= 15 is 0 Å². The predicted octanol–water partition coefficient (Wildman–Crippen LogP) is 3.44. The Morgan fingerprint density at radius 3 is 2.91 bits per heavy atom. The standard InChI is InChI=1S/C17H20N4S/c1-12-11-13-16(21-9-7-20(2)8-10-21)18-14-5-3-4-6-15(14)19-17(13)22-12/h3-6,11,19H,7-10H2,1-2H3/i3D,4D,5D,6D,7D2,8D2,9D2,10D2,11D/hD. The second kappa shape index (κ2) is 5.41. The van der Waals surface area contributed by atoms with Crippen molar-refractivity contribution in [3.8, 4) is 0 Å². The molecule has 4 nitrogen and oxygen atoms in total.